The normalized spacial score (nSPS) is 19.9. The Balaban J connectivity index is 2.38. The number of hydrogen-bond donors (Lipinski definition) is 0. The summed E-state index contributed by atoms with van der Waals surface area (Å²) in [5.74, 6) is 0.722. The van der Waals surface area contributed by atoms with Gasteiger partial charge in [-0.15, -0.1) is 0 Å². The number of piperidine rings is 1. The predicted molar refractivity (Wildman–Crippen MR) is 177 cm³/mol. The molecule has 5 nitrogen and oxygen atoms in total. The summed E-state index contributed by atoms with van der Waals surface area (Å²) < 4.78 is 0. The molecule has 0 aromatic carbocycles. The number of allylic oxidation sites excluding steroid dienone is 7. The fraction of sp³-hybridized carbons (Fsp3) is 0.556. The Kier molecular flexibility index (Phi) is 14.3. The summed E-state index contributed by atoms with van der Waals surface area (Å²) in [5.41, 5.74) is 5.99. The van der Waals surface area contributed by atoms with Gasteiger partial charge in [0.25, 0.3) is 0 Å². The summed E-state index contributed by atoms with van der Waals surface area (Å²) in [7, 11) is 0. The molecule has 41 heavy (non-hydrogen) atoms. The van der Waals surface area contributed by atoms with E-state index < -0.39 is 0 Å². The largest absolute Gasteiger partial charge is 0.372 e. The Morgan fingerprint density at radius 3 is 2.22 bits per heavy atom. The van der Waals surface area contributed by atoms with Gasteiger partial charge in [0.05, 0.1) is 5.70 Å². The SMILES string of the molecule is C=C1C=CC(C(=C/C(C)=O)/N=C(/C=C\C(=C/C)N2CCC(N(CC)CC)CC2)C(C)CC)=CN1/C=C(/C)C(C)CC. The highest BCUT2D eigenvalue weighted by atomic mass is 16.1. The minimum Gasteiger partial charge on any atom is -0.372 e. The molecule has 0 aliphatic carbocycles. The van der Waals surface area contributed by atoms with Crippen molar-refractivity contribution in [3.05, 3.63) is 83.7 Å². The molecular weight excluding hydrogens is 504 g/mol. The second kappa shape index (κ2) is 17.1. The molecule has 0 saturated carbocycles. The molecule has 0 bridgehead atoms. The van der Waals surface area contributed by atoms with E-state index in [1.165, 1.54) is 24.1 Å². The van der Waals surface area contributed by atoms with Crippen LogP contribution in [0, 0.1) is 11.8 Å². The van der Waals surface area contributed by atoms with Gasteiger partial charge in [-0.25, -0.2) is 0 Å². The van der Waals surface area contributed by atoms with Gasteiger partial charge in [0, 0.05) is 60.3 Å². The highest BCUT2D eigenvalue weighted by molar-refractivity contribution is 5.99. The van der Waals surface area contributed by atoms with Crippen LogP contribution < -0.4 is 0 Å². The second-order valence-corrected chi connectivity index (χ2v) is 11.5. The van der Waals surface area contributed by atoms with Crippen molar-refractivity contribution >= 4 is 11.5 Å². The third-order valence-electron chi connectivity index (χ3n) is 8.68. The lowest BCUT2D eigenvalue weighted by Crippen LogP contribution is -2.44. The smallest absolute Gasteiger partial charge is 0.154 e. The van der Waals surface area contributed by atoms with Gasteiger partial charge in [0.15, 0.2) is 5.78 Å². The summed E-state index contributed by atoms with van der Waals surface area (Å²) >= 11 is 0. The first-order valence-corrected chi connectivity index (χ1v) is 15.8. The molecule has 0 aromatic rings. The maximum Gasteiger partial charge on any atom is 0.154 e. The number of likely N-dealkylation sites (tertiary alicyclic amines) is 1. The van der Waals surface area contributed by atoms with E-state index >= 15 is 0 Å². The number of carbonyl (C=O) groups excluding carboxylic acids is 1. The van der Waals surface area contributed by atoms with Crippen molar-refractivity contribution in [3.8, 4) is 0 Å². The van der Waals surface area contributed by atoms with E-state index in [9.17, 15) is 4.79 Å². The van der Waals surface area contributed by atoms with Crippen molar-refractivity contribution in [2.24, 2.45) is 16.8 Å². The maximum absolute atomic E-state index is 12.3. The zero-order valence-electron chi connectivity index (χ0n) is 27.4. The highest BCUT2D eigenvalue weighted by Crippen LogP contribution is 2.26. The van der Waals surface area contributed by atoms with Crippen LogP contribution in [0.5, 0.6) is 0 Å². The number of aliphatic imine (C=N–C) groups is 1. The van der Waals surface area contributed by atoms with Crippen molar-refractivity contribution in [1.82, 2.24) is 14.7 Å². The van der Waals surface area contributed by atoms with Gasteiger partial charge in [-0.1, -0.05) is 59.8 Å². The van der Waals surface area contributed by atoms with Crippen LogP contribution in [0.15, 0.2) is 88.7 Å². The van der Waals surface area contributed by atoms with Gasteiger partial charge in [-0.2, -0.15) is 0 Å². The van der Waals surface area contributed by atoms with Crippen LogP contribution in [0.1, 0.15) is 88.0 Å². The van der Waals surface area contributed by atoms with E-state index in [0.717, 1.165) is 56.0 Å². The molecular formula is C36H56N4O. The van der Waals surface area contributed by atoms with Gasteiger partial charge in [0.1, 0.15) is 0 Å². The van der Waals surface area contributed by atoms with Crippen LogP contribution in [0.2, 0.25) is 0 Å². The van der Waals surface area contributed by atoms with Gasteiger partial charge >= 0.3 is 0 Å². The summed E-state index contributed by atoms with van der Waals surface area (Å²) in [6, 6.07) is 0.677. The molecule has 0 amide bonds. The number of ketones is 1. The molecule has 0 aromatic heterocycles. The highest BCUT2D eigenvalue weighted by Gasteiger charge is 2.23. The fourth-order valence-electron chi connectivity index (χ4n) is 5.30. The summed E-state index contributed by atoms with van der Waals surface area (Å²) in [4.78, 5) is 24.6. The first kappa shape index (κ1) is 34.3. The average Bonchev–Trinajstić information content (AvgIpc) is 2.97. The summed E-state index contributed by atoms with van der Waals surface area (Å²) in [6.07, 6.45) is 20.9. The molecule has 226 valence electrons. The lowest BCUT2D eigenvalue weighted by atomic mass is 9.99. The molecule has 2 aliphatic heterocycles. The van der Waals surface area contributed by atoms with Gasteiger partial charge < -0.3 is 14.7 Å². The molecule has 2 atom stereocenters. The number of carbonyl (C=O) groups is 1. The molecule has 2 heterocycles. The molecule has 2 aliphatic rings. The lowest BCUT2D eigenvalue weighted by Gasteiger charge is -2.39. The molecule has 2 unspecified atom stereocenters. The number of hydrogen-bond acceptors (Lipinski definition) is 5. The van der Waals surface area contributed by atoms with Crippen LogP contribution in [0.25, 0.3) is 0 Å². The maximum atomic E-state index is 12.3. The van der Waals surface area contributed by atoms with Crippen molar-refractivity contribution in [3.63, 3.8) is 0 Å². The second-order valence-electron chi connectivity index (χ2n) is 11.5. The van der Waals surface area contributed by atoms with E-state index in [4.69, 9.17) is 4.99 Å². The Bertz CT molecular complexity index is 1100. The van der Waals surface area contributed by atoms with Gasteiger partial charge in [0.2, 0.25) is 0 Å². The van der Waals surface area contributed by atoms with Crippen LogP contribution in [-0.4, -0.2) is 58.4 Å². The van der Waals surface area contributed by atoms with Gasteiger partial charge in [-0.05, 0) is 95.7 Å². The molecule has 0 N–H and O–H groups in total. The Morgan fingerprint density at radius 1 is 1.05 bits per heavy atom. The molecule has 2 rings (SSSR count). The van der Waals surface area contributed by atoms with E-state index in [1.807, 2.05) is 18.4 Å². The standard InChI is InChI=1S/C36H56N4O/c1-11-27(6)29(8)25-40-26-32(17-16-30(40)9)36(24-31(10)41)37-35(28(7)12-2)19-18-33(13-3)39-22-20-34(21-23-39)38(14-4)15-5/h13,16-19,24-28,34H,9,11-12,14-15,20-23H2,1-8,10H3/b19-18-,29-25-,33-13+,36-24-,37-35-. The molecule has 1 saturated heterocycles. The lowest BCUT2D eigenvalue weighted by molar-refractivity contribution is -0.112. The van der Waals surface area contributed by atoms with Crippen molar-refractivity contribution in [2.45, 2.75) is 94.0 Å². The zero-order valence-corrected chi connectivity index (χ0v) is 27.4. The topological polar surface area (TPSA) is 39.2 Å². The summed E-state index contributed by atoms with van der Waals surface area (Å²) in [6.45, 7) is 27.8. The van der Waals surface area contributed by atoms with Gasteiger partial charge in [-0.3, -0.25) is 9.79 Å². The van der Waals surface area contributed by atoms with Crippen LogP contribution in [0.4, 0.5) is 0 Å². The third kappa shape index (κ3) is 10.1. The Labute approximate surface area is 251 Å². The molecule has 0 radical (unpaired) electrons. The van der Waals surface area contributed by atoms with Crippen molar-refractivity contribution in [2.75, 3.05) is 26.2 Å². The Hall–Kier alpha value is -2.92. The third-order valence-corrected chi connectivity index (χ3v) is 8.68. The monoisotopic (exact) mass is 560 g/mol. The summed E-state index contributed by atoms with van der Waals surface area (Å²) in [5, 5.41) is 0. The van der Waals surface area contributed by atoms with Crippen molar-refractivity contribution < 1.29 is 4.79 Å². The Morgan fingerprint density at radius 2 is 1.68 bits per heavy atom. The predicted octanol–water partition coefficient (Wildman–Crippen LogP) is 8.43. The average molecular weight is 561 g/mol. The van der Waals surface area contributed by atoms with Crippen LogP contribution in [-0.2, 0) is 4.79 Å². The molecule has 1 fully saturated rings. The van der Waals surface area contributed by atoms with E-state index in [0.29, 0.717) is 17.7 Å². The zero-order chi connectivity index (χ0) is 30.5. The quantitative estimate of drug-likeness (QED) is 0.121. The van der Waals surface area contributed by atoms with Crippen LogP contribution in [0.3, 0.4) is 0 Å². The molecule has 5 heteroatoms. The van der Waals surface area contributed by atoms with E-state index in [2.05, 4.69) is 101 Å². The molecule has 0 spiro atoms. The number of rotatable bonds is 14. The van der Waals surface area contributed by atoms with Crippen molar-refractivity contribution in [1.29, 1.82) is 0 Å². The minimum atomic E-state index is -0.0157. The van der Waals surface area contributed by atoms with Crippen LogP contribution >= 0.6 is 0 Å². The first-order valence-electron chi connectivity index (χ1n) is 15.8. The minimum absolute atomic E-state index is 0.0157. The number of nitrogens with zero attached hydrogens (tertiary/aromatic N) is 4. The van der Waals surface area contributed by atoms with E-state index in [1.54, 1.807) is 13.0 Å². The fourth-order valence-corrected chi connectivity index (χ4v) is 5.30. The first-order chi connectivity index (χ1) is 19.6. The van der Waals surface area contributed by atoms with E-state index in [-0.39, 0.29) is 11.7 Å².